The lowest BCUT2D eigenvalue weighted by Crippen LogP contribution is -2.08. The first kappa shape index (κ1) is 24.4. The molecule has 2 heterocycles. The molecule has 0 spiro atoms. The molecule has 4 aromatic carbocycles. The van der Waals surface area contributed by atoms with Crippen LogP contribution in [0.5, 0.6) is 11.5 Å². The molecular formula is C30H18N4O6. The first-order chi connectivity index (χ1) is 19.6. The van der Waals surface area contributed by atoms with Crippen LogP contribution in [0.25, 0.3) is 34.7 Å². The Hall–Kier alpha value is -5.90. The van der Waals surface area contributed by atoms with Gasteiger partial charge in [0, 0.05) is 11.1 Å². The van der Waals surface area contributed by atoms with Gasteiger partial charge in [-0.3, -0.25) is 0 Å². The van der Waals surface area contributed by atoms with Crippen LogP contribution in [0.2, 0.25) is 0 Å². The molecule has 0 N–H and O–H groups in total. The van der Waals surface area contributed by atoms with Crippen molar-refractivity contribution in [2.45, 2.75) is 0 Å². The number of benzene rings is 4. The van der Waals surface area contributed by atoms with Gasteiger partial charge in [-0.1, -0.05) is 36.4 Å². The topological polar surface area (TPSA) is 130 Å². The Labute approximate surface area is 226 Å². The molecule has 6 aromatic rings. The van der Waals surface area contributed by atoms with E-state index in [1.54, 1.807) is 97.1 Å². The smallest absolute Gasteiger partial charge is 0.343 e. The molecule has 40 heavy (non-hydrogen) atoms. The highest BCUT2D eigenvalue weighted by atomic mass is 16.5. The lowest BCUT2D eigenvalue weighted by molar-refractivity contribution is 0.0725. The molecule has 6 rings (SSSR count). The van der Waals surface area contributed by atoms with Gasteiger partial charge in [0.2, 0.25) is 11.8 Å². The number of hydrogen-bond acceptors (Lipinski definition) is 10. The molecule has 10 heteroatoms. The van der Waals surface area contributed by atoms with Crippen molar-refractivity contribution in [1.29, 1.82) is 0 Å². The summed E-state index contributed by atoms with van der Waals surface area (Å²) in [5.74, 6) is 0.427. The van der Waals surface area contributed by atoms with Crippen LogP contribution in [0.1, 0.15) is 20.7 Å². The number of ether oxygens (including phenoxy) is 2. The summed E-state index contributed by atoms with van der Waals surface area (Å²) in [5, 5.41) is 16.1. The van der Waals surface area contributed by atoms with Crippen molar-refractivity contribution < 1.29 is 27.9 Å². The molecule has 0 saturated heterocycles. The zero-order valence-electron chi connectivity index (χ0n) is 20.6. The molecule has 0 aliphatic heterocycles. The molecule has 0 fully saturated rings. The maximum Gasteiger partial charge on any atom is 0.343 e. The molecular weight excluding hydrogens is 512 g/mol. The van der Waals surface area contributed by atoms with Crippen molar-refractivity contribution in [2.24, 2.45) is 0 Å². The summed E-state index contributed by atoms with van der Waals surface area (Å²) in [6.45, 7) is 0. The van der Waals surface area contributed by atoms with E-state index in [1.165, 1.54) is 0 Å². The van der Waals surface area contributed by atoms with E-state index in [0.717, 1.165) is 0 Å². The Morgan fingerprint density at radius 2 is 0.800 bits per heavy atom. The van der Waals surface area contributed by atoms with Gasteiger partial charge in [0.25, 0.3) is 0 Å². The third-order valence-corrected chi connectivity index (χ3v) is 5.68. The molecule has 0 aliphatic carbocycles. The second-order valence-electron chi connectivity index (χ2n) is 8.38. The van der Waals surface area contributed by atoms with Crippen molar-refractivity contribution in [3.63, 3.8) is 0 Å². The molecule has 0 bridgehead atoms. The Balaban J connectivity index is 1.12. The fraction of sp³-hybridized carbons (Fsp3) is 0. The van der Waals surface area contributed by atoms with Crippen LogP contribution >= 0.6 is 0 Å². The van der Waals surface area contributed by atoms with Gasteiger partial charge in [0.05, 0.1) is 11.1 Å². The molecule has 0 radical (unpaired) electrons. The first-order valence-electron chi connectivity index (χ1n) is 12.0. The molecule has 0 atom stereocenters. The summed E-state index contributed by atoms with van der Waals surface area (Å²) >= 11 is 0. The molecule has 10 nitrogen and oxygen atoms in total. The van der Waals surface area contributed by atoms with Crippen LogP contribution in [0.4, 0.5) is 0 Å². The number of aromatic nitrogens is 4. The molecule has 0 amide bonds. The minimum absolute atomic E-state index is 0.0318. The summed E-state index contributed by atoms with van der Waals surface area (Å²) in [5.41, 5.74) is 1.92. The van der Waals surface area contributed by atoms with Crippen LogP contribution in [0, 0.1) is 0 Å². The van der Waals surface area contributed by atoms with E-state index < -0.39 is 11.9 Å². The summed E-state index contributed by atoms with van der Waals surface area (Å²) in [6, 6.07) is 30.7. The highest BCUT2D eigenvalue weighted by molar-refractivity contribution is 5.92. The number of para-hydroxylation sites is 2. The van der Waals surface area contributed by atoms with Gasteiger partial charge in [-0.25, -0.2) is 9.59 Å². The standard InChI is InChI=1S/C30H18N4O6/c35-29(37-23-7-3-1-4-8-23)21-15-11-19(12-16-21)25-31-33-27(39-25)28-34-32-26(40-28)20-13-17-22(18-14-20)30(36)38-24-9-5-2-6-10-24/h1-18H. The Kier molecular flexibility index (Phi) is 6.62. The van der Waals surface area contributed by atoms with E-state index in [1.807, 2.05) is 12.1 Å². The lowest BCUT2D eigenvalue weighted by atomic mass is 10.1. The van der Waals surface area contributed by atoms with Gasteiger partial charge in [-0.2, -0.15) is 0 Å². The quantitative estimate of drug-likeness (QED) is 0.182. The van der Waals surface area contributed by atoms with Gasteiger partial charge in [0.1, 0.15) is 11.5 Å². The van der Waals surface area contributed by atoms with Gasteiger partial charge >= 0.3 is 23.7 Å². The lowest BCUT2D eigenvalue weighted by Gasteiger charge is -2.04. The average molecular weight is 530 g/mol. The van der Waals surface area contributed by atoms with E-state index in [2.05, 4.69) is 20.4 Å². The fourth-order valence-electron chi connectivity index (χ4n) is 3.66. The monoisotopic (exact) mass is 530 g/mol. The van der Waals surface area contributed by atoms with Crippen molar-refractivity contribution in [2.75, 3.05) is 0 Å². The molecule has 194 valence electrons. The van der Waals surface area contributed by atoms with Crippen molar-refractivity contribution in [3.05, 3.63) is 120 Å². The van der Waals surface area contributed by atoms with Crippen LogP contribution < -0.4 is 9.47 Å². The summed E-state index contributed by atoms with van der Waals surface area (Å²) in [6.07, 6.45) is 0. The van der Waals surface area contributed by atoms with E-state index in [-0.39, 0.29) is 23.6 Å². The second-order valence-corrected chi connectivity index (χ2v) is 8.38. The first-order valence-corrected chi connectivity index (χ1v) is 12.0. The van der Waals surface area contributed by atoms with Crippen LogP contribution in [-0.4, -0.2) is 32.3 Å². The predicted molar refractivity (Wildman–Crippen MR) is 141 cm³/mol. The number of rotatable bonds is 7. The Bertz CT molecular complexity index is 1630. The molecule has 0 unspecified atom stereocenters. The summed E-state index contributed by atoms with van der Waals surface area (Å²) < 4.78 is 22.1. The Morgan fingerprint density at radius 1 is 0.450 bits per heavy atom. The maximum atomic E-state index is 12.4. The zero-order chi connectivity index (χ0) is 27.3. The van der Waals surface area contributed by atoms with Crippen molar-refractivity contribution >= 4 is 11.9 Å². The third-order valence-electron chi connectivity index (χ3n) is 5.68. The van der Waals surface area contributed by atoms with Crippen molar-refractivity contribution in [1.82, 2.24) is 20.4 Å². The van der Waals surface area contributed by atoms with Gasteiger partial charge in [-0.15, -0.1) is 20.4 Å². The number of carbonyl (C=O) groups is 2. The number of carbonyl (C=O) groups excluding carboxylic acids is 2. The minimum atomic E-state index is -0.483. The summed E-state index contributed by atoms with van der Waals surface area (Å²) in [7, 11) is 0. The van der Waals surface area contributed by atoms with E-state index >= 15 is 0 Å². The van der Waals surface area contributed by atoms with Gasteiger partial charge in [-0.05, 0) is 72.8 Å². The predicted octanol–water partition coefficient (Wildman–Crippen LogP) is 5.89. The van der Waals surface area contributed by atoms with Gasteiger partial charge in [0.15, 0.2) is 0 Å². The zero-order valence-corrected chi connectivity index (χ0v) is 20.6. The van der Waals surface area contributed by atoms with Gasteiger partial charge < -0.3 is 18.3 Å². The average Bonchev–Trinajstić information content (AvgIpc) is 3.69. The van der Waals surface area contributed by atoms with E-state index in [0.29, 0.717) is 33.8 Å². The largest absolute Gasteiger partial charge is 0.423 e. The van der Waals surface area contributed by atoms with Crippen LogP contribution in [-0.2, 0) is 0 Å². The van der Waals surface area contributed by atoms with Crippen LogP contribution in [0.3, 0.4) is 0 Å². The molecule has 2 aromatic heterocycles. The third kappa shape index (κ3) is 5.36. The normalized spacial score (nSPS) is 10.7. The molecule has 0 aliphatic rings. The highest BCUT2D eigenvalue weighted by Gasteiger charge is 2.19. The number of hydrogen-bond donors (Lipinski definition) is 0. The Morgan fingerprint density at radius 3 is 1.18 bits per heavy atom. The minimum Gasteiger partial charge on any atom is -0.423 e. The van der Waals surface area contributed by atoms with Crippen molar-refractivity contribution in [3.8, 4) is 46.2 Å². The second kappa shape index (κ2) is 10.8. The fourth-order valence-corrected chi connectivity index (χ4v) is 3.66. The number of esters is 2. The van der Waals surface area contributed by atoms with Crippen LogP contribution in [0.15, 0.2) is 118 Å². The SMILES string of the molecule is O=C(Oc1ccccc1)c1ccc(-c2nnc(-c3nnc(-c4ccc(C(=O)Oc5ccccc5)cc4)o3)o2)cc1. The van der Waals surface area contributed by atoms with E-state index in [4.69, 9.17) is 18.3 Å². The van der Waals surface area contributed by atoms with E-state index in [9.17, 15) is 9.59 Å². The number of nitrogens with zero attached hydrogens (tertiary/aromatic N) is 4. The molecule has 0 saturated carbocycles. The highest BCUT2D eigenvalue weighted by Crippen LogP contribution is 2.27. The summed E-state index contributed by atoms with van der Waals surface area (Å²) in [4.78, 5) is 24.7. The maximum absolute atomic E-state index is 12.4.